The molecule has 2 heterocycles. The summed E-state index contributed by atoms with van der Waals surface area (Å²) in [7, 11) is 0. The van der Waals surface area contributed by atoms with Gasteiger partial charge in [-0.15, -0.1) is 0 Å². The summed E-state index contributed by atoms with van der Waals surface area (Å²) in [6, 6.07) is 0. The smallest absolute Gasteiger partial charge is 0.376 e. The number of alkyl halides is 3. The molecule has 0 saturated carbocycles. The van der Waals surface area contributed by atoms with E-state index in [1.807, 2.05) is 0 Å². The number of aromatic nitrogens is 2. The minimum Gasteiger partial charge on any atom is -0.376 e. The molecule has 1 atom stereocenters. The van der Waals surface area contributed by atoms with E-state index in [2.05, 4.69) is 10.4 Å². The number of nitrogens with one attached hydrogen (secondary N) is 1. The Balaban J connectivity index is 1.97. The van der Waals surface area contributed by atoms with Crippen LogP contribution in [0.25, 0.3) is 0 Å². The summed E-state index contributed by atoms with van der Waals surface area (Å²) in [5.41, 5.74) is -1.06. The van der Waals surface area contributed by atoms with Crippen molar-refractivity contribution >= 4 is 17.5 Å². The summed E-state index contributed by atoms with van der Waals surface area (Å²) in [5, 5.41) is 5.51. The second-order valence-corrected chi connectivity index (χ2v) is 5.22. The zero-order chi connectivity index (χ0) is 15.6. The van der Waals surface area contributed by atoms with Crippen molar-refractivity contribution in [2.45, 2.75) is 38.6 Å². The first-order chi connectivity index (χ1) is 9.79. The maximum atomic E-state index is 12.7. The maximum Gasteiger partial charge on any atom is 0.436 e. The quantitative estimate of drug-likeness (QED) is 0.923. The van der Waals surface area contributed by atoms with Gasteiger partial charge in [-0.3, -0.25) is 9.48 Å². The molecule has 21 heavy (non-hydrogen) atoms. The molecule has 1 aromatic heterocycles. The van der Waals surface area contributed by atoms with Crippen LogP contribution in [0.15, 0.2) is 0 Å². The summed E-state index contributed by atoms with van der Waals surface area (Å²) < 4.78 is 44.3. The fourth-order valence-electron chi connectivity index (χ4n) is 2.08. The van der Waals surface area contributed by atoms with Crippen LogP contribution in [0, 0.1) is 6.92 Å². The highest BCUT2D eigenvalue weighted by atomic mass is 35.5. The Hall–Kier alpha value is -1.28. The SMILES string of the molecule is Cc1c(Cl)c(C(F)(F)F)nn1CC(=O)NC[C@H]1CCCO1. The van der Waals surface area contributed by atoms with Crippen molar-refractivity contribution < 1.29 is 22.7 Å². The third-order valence-corrected chi connectivity index (χ3v) is 3.70. The average Bonchev–Trinajstić information content (AvgIpc) is 2.99. The van der Waals surface area contributed by atoms with E-state index in [4.69, 9.17) is 16.3 Å². The van der Waals surface area contributed by atoms with Gasteiger partial charge in [0.25, 0.3) is 0 Å². The van der Waals surface area contributed by atoms with Gasteiger partial charge < -0.3 is 10.1 Å². The molecule has 0 aromatic carbocycles. The number of hydrogen-bond donors (Lipinski definition) is 1. The van der Waals surface area contributed by atoms with E-state index in [1.54, 1.807) is 0 Å². The first-order valence-corrected chi connectivity index (χ1v) is 6.85. The molecule has 0 bridgehead atoms. The summed E-state index contributed by atoms with van der Waals surface area (Å²) in [4.78, 5) is 11.7. The topological polar surface area (TPSA) is 56.2 Å². The summed E-state index contributed by atoms with van der Waals surface area (Å²) in [5.74, 6) is -0.429. The predicted molar refractivity (Wildman–Crippen MR) is 69.0 cm³/mol. The lowest BCUT2D eigenvalue weighted by Crippen LogP contribution is -2.34. The third-order valence-electron chi connectivity index (χ3n) is 3.25. The van der Waals surface area contributed by atoms with Gasteiger partial charge in [-0.25, -0.2) is 0 Å². The highest BCUT2D eigenvalue weighted by Gasteiger charge is 2.38. The van der Waals surface area contributed by atoms with Crippen LogP contribution in [-0.4, -0.2) is 34.9 Å². The van der Waals surface area contributed by atoms with Crippen LogP contribution in [0.2, 0.25) is 5.02 Å². The van der Waals surface area contributed by atoms with Crippen molar-refractivity contribution in [3.8, 4) is 0 Å². The maximum absolute atomic E-state index is 12.7. The number of nitrogens with zero attached hydrogens (tertiary/aromatic N) is 2. The van der Waals surface area contributed by atoms with Crippen LogP contribution < -0.4 is 5.32 Å². The van der Waals surface area contributed by atoms with E-state index in [-0.39, 0.29) is 18.3 Å². The van der Waals surface area contributed by atoms with Gasteiger partial charge in [-0.05, 0) is 19.8 Å². The van der Waals surface area contributed by atoms with Crippen molar-refractivity contribution in [2.24, 2.45) is 0 Å². The molecule has 1 fully saturated rings. The molecule has 1 aliphatic heterocycles. The fraction of sp³-hybridized carbons (Fsp3) is 0.667. The lowest BCUT2D eigenvalue weighted by Gasteiger charge is -2.11. The fourth-order valence-corrected chi connectivity index (χ4v) is 2.33. The molecule has 0 unspecified atom stereocenters. The molecular weight excluding hydrogens is 311 g/mol. The molecule has 2 rings (SSSR count). The monoisotopic (exact) mass is 325 g/mol. The van der Waals surface area contributed by atoms with Crippen molar-refractivity contribution in [2.75, 3.05) is 13.2 Å². The van der Waals surface area contributed by atoms with Crippen LogP contribution in [0.1, 0.15) is 24.2 Å². The van der Waals surface area contributed by atoms with Crippen LogP contribution in [0.5, 0.6) is 0 Å². The number of halogens is 4. The highest BCUT2D eigenvalue weighted by Crippen LogP contribution is 2.35. The zero-order valence-corrected chi connectivity index (χ0v) is 12.1. The number of ether oxygens (including phenoxy) is 1. The zero-order valence-electron chi connectivity index (χ0n) is 11.3. The standard InChI is InChI=1S/C12H15ClF3N3O2/c1-7-10(13)11(12(14,15)16)18-19(7)6-9(20)17-5-8-3-2-4-21-8/h8H,2-6H2,1H3,(H,17,20)/t8-/m1/s1. The largest absolute Gasteiger partial charge is 0.436 e. The van der Waals surface area contributed by atoms with E-state index in [9.17, 15) is 18.0 Å². The second-order valence-electron chi connectivity index (χ2n) is 4.84. The van der Waals surface area contributed by atoms with Crippen LogP contribution in [0.3, 0.4) is 0 Å². The van der Waals surface area contributed by atoms with Crippen molar-refractivity contribution in [1.29, 1.82) is 0 Å². The summed E-state index contributed by atoms with van der Waals surface area (Å²) in [6.07, 6.45) is -2.85. The summed E-state index contributed by atoms with van der Waals surface area (Å²) >= 11 is 5.61. The van der Waals surface area contributed by atoms with E-state index < -0.39 is 22.8 Å². The van der Waals surface area contributed by atoms with E-state index in [0.717, 1.165) is 17.5 Å². The van der Waals surface area contributed by atoms with Gasteiger partial charge in [0, 0.05) is 13.2 Å². The Bertz CT molecular complexity index is 525. The molecule has 0 aliphatic carbocycles. The number of carbonyl (C=O) groups excluding carboxylic acids is 1. The highest BCUT2D eigenvalue weighted by molar-refractivity contribution is 6.32. The van der Waals surface area contributed by atoms with Gasteiger partial charge in [0.15, 0.2) is 5.69 Å². The first kappa shape index (κ1) is 16.1. The number of hydrogen-bond acceptors (Lipinski definition) is 3. The normalized spacial score (nSPS) is 19.0. The Morgan fingerprint density at radius 3 is 2.81 bits per heavy atom. The molecule has 0 radical (unpaired) electrons. The Morgan fingerprint density at radius 2 is 2.29 bits per heavy atom. The second kappa shape index (κ2) is 6.23. The van der Waals surface area contributed by atoms with Gasteiger partial charge in [0.1, 0.15) is 6.54 Å². The number of rotatable bonds is 4. The number of amides is 1. The van der Waals surface area contributed by atoms with Crippen molar-refractivity contribution in [3.05, 3.63) is 16.4 Å². The van der Waals surface area contributed by atoms with E-state index in [1.165, 1.54) is 6.92 Å². The van der Waals surface area contributed by atoms with E-state index >= 15 is 0 Å². The van der Waals surface area contributed by atoms with Gasteiger partial charge >= 0.3 is 6.18 Å². The Labute approximate surface area is 124 Å². The first-order valence-electron chi connectivity index (χ1n) is 6.47. The third kappa shape index (κ3) is 3.88. The molecule has 118 valence electrons. The summed E-state index contributed by atoms with van der Waals surface area (Å²) in [6.45, 7) is 2.09. The average molecular weight is 326 g/mol. The minimum absolute atomic E-state index is 0.0259. The minimum atomic E-state index is -4.64. The van der Waals surface area contributed by atoms with Gasteiger partial charge in [0.2, 0.25) is 5.91 Å². The lowest BCUT2D eigenvalue weighted by molar-refractivity contribution is -0.141. The van der Waals surface area contributed by atoms with E-state index in [0.29, 0.717) is 13.2 Å². The van der Waals surface area contributed by atoms with Crippen molar-refractivity contribution in [1.82, 2.24) is 15.1 Å². The van der Waals surface area contributed by atoms with Crippen LogP contribution in [-0.2, 0) is 22.3 Å². The molecule has 0 spiro atoms. The lowest BCUT2D eigenvalue weighted by atomic mass is 10.2. The molecule has 1 amide bonds. The molecule has 1 aliphatic rings. The van der Waals surface area contributed by atoms with Gasteiger partial charge in [0.05, 0.1) is 16.8 Å². The molecule has 9 heteroatoms. The number of carbonyl (C=O) groups is 1. The van der Waals surface area contributed by atoms with Gasteiger partial charge in [-0.2, -0.15) is 18.3 Å². The predicted octanol–water partition coefficient (Wildman–Crippen LogP) is 2.16. The molecule has 1 saturated heterocycles. The van der Waals surface area contributed by atoms with Crippen LogP contribution in [0.4, 0.5) is 13.2 Å². The molecule has 5 nitrogen and oxygen atoms in total. The Morgan fingerprint density at radius 1 is 1.57 bits per heavy atom. The van der Waals surface area contributed by atoms with Crippen LogP contribution >= 0.6 is 11.6 Å². The van der Waals surface area contributed by atoms with Crippen molar-refractivity contribution in [3.63, 3.8) is 0 Å². The molecule has 1 aromatic rings. The molecular formula is C12H15ClF3N3O2. The van der Waals surface area contributed by atoms with Gasteiger partial charge in [-0.1, -0.05) is 11.6 Å². The Kier molecular flexibility index (Phi) is 4.77. The molecule has 1 N–H and O–H groups in total.